The van der Waals surface area contributed by atoms with E-state index in [2.05, 4.69) is 40.1 Å². The van der Waals surface area contributed by atoms with Gasteiger partial charge in [-0.3, -0.25) is 4.90 Å². The predicted octanol–water partition coefficient (Wildman–Crippen LogP) is 3.95. The van der Waals surface area contributed by atoms with Gasteiger partial charge in [-0.25, -0.2) is 15.0 Å². The van der Waals surface area contributed by atoms with E-state index in [1.54, 1.807) is 17.6 Å². The van der Waals surface area contributed by atoms with Crippen LogP contribution in [-0.4, -0.2) is 46.0 Å². The van der Waals surface area contributed by atoms with Crippen LogP contribution < -0.4 is 4.90 Å². The molecule has 6 nitrogen and oxygen atoms in total. The predicted molar refractivity (Wildman–Crippen MR) is 108 cm³/mol. The van der Waals surface area contributed by atoms with Gasteiger partial charge in [-0.05, 0) is 19.1 Å². The quantitative estimate of drug-likeness (QED) is 0.665. The highest BCUT2D eigenvalue weighted by Crippen LogP contribution is 2.25. The van der Waals surface area contributed by atoms with Crippen molar-refractivity contribution in [1.82, 2.24) is 19.9 Å². The zero-order valence-electron chi connectivity index (χ0n) is 16.1. The number of anilines is 1. The molecule has 1 aliphatic rings. The van der Waals surface area contributed by atoms with Crippen molar-refractivity contribution in [3.05, 3.63) is 47.1 Å². The molecule has 0 spiro atoms. The Bertz CT molecular complexity index is 882. The molecule has 1 aliphatic heterocycles. The first-order valence-corrected chi connectivity index (χ1v) is 10.3. The highest BCUT2D eigenvalue weighted by Gasteiger charge is 2.20. The molecule has 142 valence electrons. The molecule has 3 aromatic rings. The lowest BCUT2D eigenvalue weighted by molar-refractivity contribution is 0.247. The average molecular weight is 384 g/mol. The molecule has 27 heavy (non-hydrogen) atoms. The molecule has 4 heterocycles. The van der Waals surface area contributed by atoms with Gasteiger partial charge >= 0.3 is 0 Å². The van der Waals surface area contributed by atoms with Crippen molar-refractivity contribution in [2.24, 2.45) is 0 Å². The van der Waals surface area contributed by atoms with Crippen LogP contribution in [0.3, 0.4) is 0 Å². The highest BCUT2D eigenvalue weighted by molar-refractivity contribution is 7.13. The number of aromatic nitrogens is 3. The first-order chi connectivity index (χ1) is 13.1. The Kier molecular flexibility index (Phi) is 5.22. The summed E-state index contributed by atoms with van der Waals surface area (Å²) in [6.07, 6.45) is 1.69. The van der Waals surface area contributed by atoms with Gasteiger partial charge in [-0.15, -0.1) is 11.3 Å². The normalized spacial score (nSPS) is 15.6. The molecule has 0 amide bonds. The van der Waals surface area contributed by atoms with E-state index in [4.69, 9.17) is 14.4 Å². The second-order valence-electron chi connectivity index (χ2n) is 7.26. The number of hydrogen-bond donors (Lipinski definition) is 0. The molecule has 1 fully saturated rings. The summed E-state index contributed by atoms with van der Waals surface area (Å²) < 4.78 is 5.44. The van der Waals surface area contributed by atoms with Gasteiger partial charge in [0.25, 0.3) is 0 Å². The van der Waals surface area contributed by atoms with E-state index >= 15 is 0 Å². The zero-order valence-corrected chi connectivity index (χ0v) is 16.9. The van der Waals surface area contributed by atoms with Crippen molar-refractivity contribution in [3.8, 4) is 10.8 Å². The standard InChI is InChI=1S/C20H25N5OS/c1-14(2)19-21-15(3)11-18(23-19)25-8-6-24(7-9-25)12-16-13-27-20(22-16)17-5-4-10-26-17/h4-5,10-11,13-14H,6-9,12H2,1-3H3. The number of piperazine rings is 1. The maximum absolute atomic E-state index is 5.44. The number of hydrogen-bond acceptors (Lipinski definition) is 7. The van der Waals surface area contributed by atoms with E-state index in [1.807, 2.05) is 19.1 Å². The Morgan fingerprint density at radius 3 is 2.67 bits per heavy atom. The molecule has 4 rings (SSSR count). The molecular weight excluding hydrogens is 358 g/mol. The minimum absolute atomic E-state index is 0.345. The van der Waals surface area contributed by atoms with Gasteiger partial charge in [-0.2, -0.15) is 0 Å². The van der Waals surface area contributed by atoms with Crippen molar-refractivity contribution in [2.45, 2.75) is 33.2 Å². The number of thiazole rings is 1. The molecule has 0 N–H and O–H groups in total. The number of rotatable bonds is 5. The van der Waals surface area contributed by atoms with Crippen molar-refractivity contribution in [1.29, 1.82) is 0 Å². The molecule has 0 radical (unpaired) electrons. The number of furan rings is 1. The smallest absolute Gasteiger partial charge is 0.162 e. The molecule has 3 aromatic heterocycles. The summed E-state index contributed by atoms with van der Waals surface area (Å²) in [5.74, 6) is 3.18. The Morgan fingerprint density at radius 2 is 1.96 bits per heavy atom. The van der Waals surface area contributed by atoms with Crippen LogP contribution in [0.5, 0.6) is 0 Å². The fourth-order valence-corrected chi connectivity index (χ4v) is 4.03. The summed E-state index contributed by atoms with van der Waals surface area (Å²) in [5, 5.41) is 3.08. The van der Waals surface area contributed by atoms with Crippen LogP contribution in [0.25, 0.3) is 10.8 Å². The van der Waals surface area contributed by atoms with Gasteiger partial charge in [0.1, 0.15) is 11.6 Å². The van der Waals surface area contributed by atoms with Crippen molar-refractivity contribution >= 4 is 17.2 Å². The SMILES string of the molecule is Cc1cc(N2CCN(Cc3csc(-c4ccco4)n3)CC2)nc(C(C)C)n1. The lowest BCUT2D eigenvalue weighted by Gasteiger charge is -2.35. The summed E-state index contributed by atoms with van der Waals surface area (Å²) in [7, 11) is 0. The van der Waals surface area contributed by atoms with Gasteiger partial charge in [0.15, 0.2) is 10.8 Å². The van der Waals surface area contributed by atoms with Crippen LogP contribution in [0.1, 0.15) is 37.0 Å². The minimum atomic E-state index is 0.345. The second-order valence-corrected chi connectivity index (χ2v) is 8.12. The van der Waals surface area contributed by atoms with Gasteiger partial charge in [0, 0.05) is 55.8 Å². The van der Waals surface area contributed by atoms with Gasteiger partial charge in [0.05, 0.1) is 12.0 Å². The molecule has 0 bridgehead atoms. The van der Waals surface area contributed by atoms with Gasteiger partial charge in [0.2, 0.25) is 0 Å². The molecular formula is C20H25N5OS. The lowest BCUT2D eigenvalue weighted by atomic mass is 10.2. The fourth-order valence-electron chi connectivity index (χ4n) is 3.25. The molecule has 0 unspecified atom stereocenters. The summed E-state index contributed by atoms with van der Waals surface area (Å²) >= 11 is 1.64. The molecule has 7 heteroatoms. The van der Waals surface area contributed by atoms with E-state index in [0.29, 0.717) is 5.92 Å². The fraction of sp³-hybridized carbons (Fsp3) is 0.450. The number of nitrogens with zero attached hydrogens (tertiary/aromatic N) is 5. The van der Waals surface area contributed by atoms with Crippen LogP contribution in [-0.2, 0) is 6.54 Å². The van der Waals surface area contributed by atoms with Crippen LogP contribution in [0, 0.1) is 6.92 Å². The summed E-state index contributed by atoms with van der Waals surface area (Å²) in [6.45, 7) is 11.2. The largest absolute Gasteiger partial charge is 0.462 e. The monoisotopic (exact) mass is 383 g/mol. The first kappa shape index (κ1) is 18.1. The Morgan fingerprint density at radius 1 is 1.15 bits per heavy atom. The third-order valence-electron chi connectivity index (χ3n) is 4.74. The van der Waals surface area contributed by atoms with Crippen LogP contribution in [0.15, 0.2) is 34.3 Å². The van der Waals surface area contributed by atoms with Crippen LogP contribution >= 0.6 is 11.3 Å². The van der Waals surface area contributed by atoms with E-state index < -0.39 is 0 Å². The van der Waals surface area contributed by atoms with E-state index in [9.17, 15) is 0 Å². The number of aryl methyl sites for hydroxylation is 1. The maximum atomic E-state index is 5.44. The topological polar surface area (TPSA) is 58.3 Å². The average Bonchev–Trinajstić information content (AvgIpc) is 3.33. The maximum Gasteiger partial charge on any atom is 0.162 e. The second kappa shape index (κ2) is 7.78. The minimum Gasteiger partial charge on any atom is -0.462 e. The van der Waals surface area contributed by atoms with E-state index in [1.165, 1.54) is 0 Å². The lowest BCUT2D eigenvalue weighted by Crippen LogP contribution is -2.46. The Labute approximate surface area is 163 Å². The molecule has 0 atom stereocenters. The molecule has 0 saturated carbocycles. The van der Waals surface area contributed by atoms with Crippen molar-refractivity contribution in [3.63, 3.8) is 0 Å². The van der Waals surface area contributed by atoms with Crippen LogP contribution in [0.2, 0.25) is 0 Å². The third-order valence-corrected chi connectivity index (χ3v) is 5.65. The Balaban J connectivity index is 1.37. The third kappa shape index (κ3) is 4.20. The first-order valence-electron chi connectivity index (χ1n) is 9.39. The summed E-state index contributed by atoms with van der Waals surface area (Å²) in [5.41, 5.74) is 2.15. The van der Waals surface area contributed by atoms with Crippen molar-refractivity contribution in [2.75, 3.05) is 31.1 Å². The van der Waals surface area contributed by atoms with E-state index in [0.717, 1.165) is 66.5 Å². The van der Waals surface area contributed by atoms with Crippen LogP contribution in [0.4, 0.5) is 5.82 Å². The van der Waals surface area contributed by atoms with Crippen molar-refractivity contribution < 1.29 is 4.42 Å². The Hall–Kier alpha value is -2.25. The molecule has 0 aromatic carbocycles. The highest BCUT2D eigenvalue weighted by atomic mass is 32.1. The zero-order chi connectivity index (χ0) is 18.8. The summed E-state index contributed by atoms with van der Waals surface area (Å²) in [6, 6.07) is 5.95. The molecule has 0 aliphatic carbocycles. The van der Waals surface area contributed by atoms with Gasteiger partial charge in [-0.1, -0.05) is 13.8 Å². The van der Waals surface area contributed by atoms with Gasteiger partial charge < -0.3 is 9.32 Å². The van der Waals surface area contributed by atoms with E-state index in [-0.39, 0.29) is 0 Å². The molecule has 1 saturated heterocycles. The summed E-state index contributed by atoms with van der Waals surface area (Å²) in [4.78, 5) is 18.9.